The van der Waals surface area contributed by atoms with Crippen LogP contribution in [0.5, 0.6) is 0 Å². The van der Waals surface area contributed by atoms with Gasteiger partial charge in [0, 0.05) is 19.2 Å². The first-order valence-corrected chi connectivity index (χ1v) is 6.36. The molecule has 2 atom stereocenters. The Morgan fingerprint density at radius 2 is 2.35 bits per heavy atom. The average molecular weight is 265 g/mol. The topological polar surface area (TPSA) is 64.3 Å². The van der Waals surface area contributed by atoms with Crippen LogP contribution < -0.4 is 11.1 Å². The van der Waals surface area contributed by atoms with Crippen molar-refractivity contribution in [2.75, 3.05) is 19.8 Å². The molecule has 0 aliphatic carbocycles. The molecule has 0 aromatic rings. The van der Waals surface area contributed by atoms with E-state index in [-0.39, 0.29) is 30.3 Å². The average Bonchev–Trinajstić information content (AvgIpc) is 2.35. The first-order valence-electron chi connectivity index (χ1n) is 6.36. The van der Waals surface area contributed by atoms with Crippen LogP contribution in [0, 0.1) is 5.92 Å². The Morgan fingerprint density at radius 3 is 2.88 bits per heavy atom. The van der Waals surface area contributed by atoms with Crippen LogP contribution in [-0.4, -0.2) is 31.7 Å². The minimum absolute atomic E-state index is 0. The van der Waals surface area contributed by atoms with Crippen LogP contribution in [0.15, 0.2) is 0 Å². The van der Waals surface area contributed by atoms with Crippen molar-refractivity contribution < 1.29 is 9.53 Å². The van der Waals surface area contributed by atoms with Crippen molar-refractivity contribution in [3.63, 3.8) is 0 Å². The van der Waals surface area contributed by atoms with E-state index in [9.17, 15) is 4.79 Å². The summed E-state index contributed by atoms with van der Waals surface area (Å²) < 4.78 is 5.31. The third-order valence-electron chi connectivity index (χ3n) is 3.07. The summed E-state index contributed by atoms with van der Waals surface area (Å²) in [5.41, 5.74) is 5.65. The largest absolute Gasteiger partial charge is 0.381 e. The van der Waals surface area contributed by atoms with Gasteiger partial charge in [0.2, 0.25) is 5.91 Å². The SMILES string of the molecule is CCCCC(CN)NC(=O)C1CCCOC1.Cl. The Labute approximate surface area is 110 Å². The van der Waals surface area contributed by atoms with E-state index >= 15 is 0 Å². The Balaban J connectivity index is 0.00000256. The van der Waals surface area contributed by atoms with Gasteiger partial charge in [-0.1, -0.05) is 19.8 Å². The van der Waals surface area contributed by atoms with Crippen molar-refractivity contribution in [3.05, 3.63) is 0 Å². The van der Waals surface area contributed by atoms with E-state index in [1.165, 1.54) is 0 Å². The van der Waals surface area contributed by atoms with Crippen LogP contribution in [0.25, 0.3) is 0 Å². The number of carbonyl (C=O) groups is 1. The van der Waals surface area contributed by atoms with E-state index in [4.69, 9.17) is 10.5 Å². The number of hydrogen-bond acceptors (Lipinski definition) is 3. The summed E-state index contributed by atoms with van der Waals surface area (Å²) in [4.78, 5) is 11.9. The Morgan fingerprint density at radius 1 is 1.59 bits per heavy atom. The maximum Gasteiger partial charge on any atom is 0.225 e. The monoisotopic (exact) mass is 264 g/mol. The predicted molar refractivity (Wildman–Crippen MR) is 71.3 cm³/mol. The van der Waals surface area contributed by atoms with Crippen molar-refractivity contribution in [1.82, 2.24) is 5.32 Å². The predicted octanol–water partition coefficient (Wildman–Crippen LogP) is 1.47. The first kappa shape index (κ1) is 16.7. The second-order valence-electron chi connectivity index (χ2n) is 4.50. The van der Waals surface area contributed by atoms with Crippen LogP contribution >= 0.6 is 12.4 Å². The number of nitrogens with two attached hydrogens (primary N) is 1. The zero-order valence-corrected chi connectivity index (χ0v) is 11.4. The van der Waals surface area contributed by atoms with E-state index in [1.54, 1.807) is 0 Å². The van der Waals surface area contributed by atoms with E-state index < -0.39 is 0 Å². The number of carbonyl (C=O) groups excluding carboxylic acids is 1. The third-order valence-corrected chi connectivity index (χ3v) is 3.07. The normalized spacial score (nSPS) is 21.4. The van der Waals surface area contributed by atoms with Gasteiger partial charge in [-0.25, -0.2) is 0 Å². The molecule has 0 spiro atoms. The van der Waals surface area contributed by atoms with E-state index in [1.807, 2.05) is 0 Å². The summed E-state index contributed by atoms with van der Waals surface area (Å²) in [6.45, 7) is 4.03. The van der Waals surface area contributed by atoms with Crippen LogP contribution in [0.2, 0.25) is 0 Å². The minimum Gasteiger partial charge on any atom is -0.381 e. The van der Waals surface area contributed by atoms with Gasteiger partial charge in [-0.2, -0.15) is 0 Å². The van der Waals surface area contributed by atoms with Crippen molar-refractivity contribution in [3.8, 4) is 0 Å². The molecule has 1 aliphatic rings. The number of halogens is 1. The maximum atomic E-state index is 11.9. The molecule has 3 N–H and O–H groups in total. The lowest BCUT2D eigenvalue weighted by Crippen LogP contribution is -2.44. The molecule has 4 nitrogen and oxygen atoms in total. The summed E-state index contributed by atoms with van der Waals surface area (Å²) >= 11 is 0. The van der Waals surface area contributed by atoms with Gasteiger partial charge in [-0.15, -0.1) is 12.4 Å². The molecule has 1 saturated heterocycles. The standard InChI is InChI=1S/C12H24N2O2.ClH/c1-2-3-6-11(8-13)14-12(15)10-5-4-7-16-9-10;/h10-11H,2-9,13H2,1H3,(H,14,15);1H. The van der Waals surface area contributed by atoms with Crippen molar-refractivity contribution in [1.29, 1.82) is 0 Å². The summed E-state index contributed by atoms with van der Waals surface area (Å²) in [7, 11) is 0. The number of hydrogen-bond donors (Lipinski definition) is 2. The van der Waals surface area contributed by atoms with Gasteiger partial charge < -0.3 is 15.8 Å². The fourth-order valence-corrected chi connectivity index (χ4v) is 1.97. The minimum atomic E-state index is 0. The Kier molecular flexibility index (Phi) is 9.50. The highest BCUT2D eigenvalue weighted by molar-refractivity contribution is 5.85. The van der Waals surface area contributed by atoms with Crippen LogP contribution in [-0.2, 0) is 9.53 Å². The smallest absolute Gasteiger partial charge is 0.225 e. The number of ether oxygens (including phenoxy) is 1. The number of nitrogens with one attached hydrogen (secondary N) is 1. The molecule has 0 bridgehead atoms. The molecule has 1 rings (SSSR count). The summed E-state index contributed by atoms with van der Waals surface area (Å²) in [6, 6.07) is 0.134. The molecule has 0 aromatic carbocycles. The highest BCUT2D eigenvalue weighted by atomic mass is 35.5. The quantitative estimate of drug-likeness (QED) is 0.764. The fraction of sp³-hybridized carbons (Fsp3) is 0.917. The summed E-state index contributed by atoms with van der Waals surface area (Å²) in [5, 5.41) is 3.03. The molecule has 0 aromatic heterocycles. The van der Waals surface area contributed by atoms with Gasteiger partial charge in [0.05, 0.1) is 12.5 Å². The lowest BCUT2D eigenvalue weighted by atomic mass is 10.0. The fourth-order valence-electron chi connectivity index (χ4n) is 1.97. The Hall–Kier alpha value is -0.320. The van der Waals surface area contributed by atoms with Gasteiger partial charge in [0.25, 0.3) is 0 Å². The van der Waals surface area contributed by atoms with Gasteiger partial charge in [-0.05, 0) is 19.3 Å². The highest BCUT2D eigenvalue weighted by Gasteiger charge is 2.23. The first-order chi connectivity index (χ1) is 7.77. The van der Waals surface area contributed by atoms with E-state index in [0.717, 1.165) is 38.7 Å². The van der Waals surface area contributed by atoms with Crippen molar-refractivity contribution in [2.45, 2.75) is 45.1 Å². The second-order valence-corrected chi connectivity index (χ2v) is 4.50. The van der Waals surface area contributed by atoms with E-state index in [0.29, 0.717) is 13.2 Å². The van der Waals surface area contributed by atoms with Gasteiger partial charge in [-0.3, -0.25) is 4.79 Å². The van der Waals surface area contributed by atoms with Crippen LogP contribution in [0.4, 0.5) is 0 Å². The molecule has 102 valence electrons. The zero-order valence-electron chi connectivity index (χ0n) is 10.6. The summed E-state index contributed by atoms with van der Waals surface area (Å²) in [6.07, 6.45) is 5.16. The van der Waals surface area contributed by atoms with Gasteiger partial charge >= 0.3 is 0 Å². The van der Waals surface area contributed by atoms with Crippen LogP contribution in [0.3, 0.4) is 0 Å². The number of unbranched alkanes of at least 4 members (excludes halogenated alkanes) is 1. The van der Waals surface area contributed by atoms with Gasteiger partial charge in [0.15, 0.2) is 0 Å². The molecule has 17 heavy (non-hydrogen) atoms. The van der Waals surface area contributed by atoms with E-state index in [2.05, 4.69) is 12.2 Å². The molecule has 0 radical (unpaired) electrons. The maximum absolute atomic E-state index is 11.9. The lowest BCUT2D eigenvalue weighted by molar-refractivity contribution is -0.129. The molecule has 1 heterocycles. The van der Waals surface area contributed by atoms with Crippen LogP contribution in [0.1, 0.15) is 39.0 Å². The molecule has 1 fully saturated rings. The van der Waals surface area contributed by atoms with Crippen molar-refractivity contribution in [2.24, 2.45) is 11.7 Å². The molecule has 0 saturated carbocycles. The highest BCUT2D eigenvalue weighted by Crippen LogP contribution is 2.14. The lowest BCUT2D eigenvalue weighted by Gasteiger charge is -2.24. The third kappa shape index (κ3) is 6.24. The van der Waals surface area contributed by atoms with Gasteiger partial charge in [0.1, 0.15) is 0 Å². The molecule has 2 unspecified atom stereocenters. The second kappa shape index (κ2) is 9.68. The zero-order chi connectivity index (χ0) is 11.8. The van der Waals surface area contributed by atoms with Crippen molar-refractivity contribution >= 4 is 18.3 Å². The molecule has 1 aliphatic heterocycles. The summed E-state index contributed by atoms with van der Waals surface area (Å²) in [5.74, 6) is 0.149. The molecular weight excluding hydrogens is 240 g/mol. The molecule has 1 amide bonds. The number of rotatable bonds is 6. The Bertz CT molecular complexity index is 209. The molecular formula is C12H25ClN2O2. The molecule has 5 heteroatoms. The number of amides is 1.